The Morgan fingerprint density at radius 3 is 2.74 bits per heavy atom. The first kappa shape index (κ1) is 12.0. The van der Waals surface area contributed by atoms with Crippen LogP contribution in [-0.2, 0) is 0 Å². The molecule has 2 heterocycles. The standard InChI is InChI=1S/C16H19N3/c1-12-7-8-15(17)16(18-12)19-10-9-14(11-19)13-5-3-2-4-6-13/h2-8,14H,9-11,17H2,1H3. The van der Waals surface area contributed by atoms with E-state index in [1.165, 1.54) is 12.0 Å². The van der Waals surface area contributed by atoms with Gasteiger partial charge in [0.2, 0.25) is 0 Å². The molecule has 1 aliphatic heterocycles. The first-order chi connectivity index (χ1) is 9.24. The molecule has 1 aromatic heterocycles. The fourth-order valence-corrected chi connectivity index (χ4v) is 2.76. The van der Waals surface area contributed by atoms with E-state index in [9.17, 15) is 0 Å². The summed E-state index contributed by atoms with van der Waals surface area (Å²) in [5, 5.41) is 0. The molecule has 3 nitrogen and oxygen atoms in total. The van der Waals surface area contributed by atoms with Crippen molar-refractivity contribution in [2.45, 2.75) is 19.3 Å². The third kappa shape index (κ3) is 2.41. The molecule has 1 aliphatic rings. The van der Waals surface area contributed by atoms with Crippen LogP contribution in [-0.4, -0.2) is 18.1 Å². The lowest BCUT2D eigenvalue weighted by Crippen LogP contribution is -2.22. The lowest BCUT2D eigenvalue weighted by Gasteiger charge is -2.19. The van der Waals surface area contributed by atoms with Crippen LogP contribution in [0.4, 0.5) is 11.5 Å². The molecule has 0 amide bonds. The van der Waals surface area contributed by atoms with Gasteiger partial charge in [0.05, 0.1) is 5.69 Å². The SMILES string of the molecule is Cc1ccc(N)c(N2CCC(c3ccccc3)C2)n1. The Morgan fingerprint density at radius 1 is 1.16 bits per heavy atom. The molecule has 0 radical (unpaired) electrons. The third-order valence-electron chi connectivity index (χ3n) is 3.80. The van der Waals surface area contributed by atoms with E-state index in [4.69, 9.17) is 5.73 Å². The number of aromatic nitrogens is 1. The zero-order chi connectivity index (χ0) is 13.2. The van der Waals surface area contributed by atoms with Crippen molar-refractivity contribution in [3.8, 4) is 0 Å². The average molecular weight is 253 g/mol. The predicted octanol–water partition coefficient (Wildman–Crippen LogP) is 2.97. The molecule has 0 bridgehead atoms. The molecule has 98 valence electrons. The van der Waals surface area contributed by atoms with E-state index in [1.54, 1.807) is 0 Å². The smallest absolute Gasteiger partial charge is 0.152 e. The van der Waals surface area contributed by atoms with Crippen LogP contribution in [0.1, 0.15) is 23.6 Å². The molecule has 2 aromatic rings. The first-order valence-corrected chi connectivity index (χ1v) is 6.77. The van der Waals surface area contributed by atoms with Crippen molar-refractivity contribution in [2.24, 2.45) is 0 Å². The average Bonchev–Trinajstić information content (AvgIpc) is 2.92. The number of rotatable bonds is 2. The van der Waals surface area contributed by atoms with Crippen LogP contribution in [0.15, 0.2) is 42.5 Å². The second-order valence-electron chi connectivity index (χ2n) is 5.21. The van der Waals surface area contributed by atoms with E-state index in [0.717, 1.165) is 30.3 Å². The van der Waals surface area contributed by atoms with E-state index in [-0.39, 0.29) is 0 Å². The summed E-state index contributed by atoms with van der Waals surface area (Å²) in [6, 6.07) is 14.6. The largest absolute Gasteiger partial charge is 0.396 e. The van der Waals surface area contributed by atoms with Gasteiger partial charge in [-0.15, -0.1) is 0 Å². The summed E-state index contributed by atoms with van der Waals surface area (Å²) in [7, 11) is 0. The van der Waals surface area contributed by atoms with Gasteiger partial charge < -0.3 is 10.6 Å². The number of nitrogens with zero attached hydrogens (tertiary/aromatic N) is 2. The Morgan fingerprint density at radius 2 is 1.95 bits per heavy atom. The Kier molecular flexibility index (Phi) is 3.11. The number of nitrogen functional groups attached to an aromatic ring is 1. The zero-order valence-electron chi connectivity index (χ0n) is 11.2. The molecule has 1 saturated heterocycles. The van der Waals surface area contributed by atoms with Crippen molar-refractivity contribution in [3.63, 3.8) is 0 Å². The van der Waals surface area contributed by atoms with Gasteiger partial charge in [-0.3, -0.25) is 0 Å². The summed E-state index contributed by atoms with van der Waals surface area (Å²) in [6.45, 7) is 4.04. The highest BCUT2D eigenvalue weighted by molar-refractivity contribution is 5.63. The molecule has 3 heteroatoms. The number of nitrogens with two attached hydrogens (primary N) is 1. The molecule has 0 spiro atoms. The Labute approximate surface area is 114 Å². The Balaban J connectivity index is 1.81. The number of hydrogen-bond acceptors (Lipinski definition) is 3. The second kappa shape index (κ2) is 4.92. The second-order valence-corrected chi connectivity index (χ2v) is 5.21. The number of benzene rings is 1. The van der Waals surface area contributed by atoms with E-state index in [1.807, 2.05) is 19.1 Å². The van der Waals surface area contributed by atoms with Crippen LogP contribution in [0, 0.1) is 6.92 Å². The number of pyridine rings is 1. The highest BCUT2D eigenvalue weighted by Crippen LogP contribution is 2.32. The van der Waals surface area contributed by atoms with Crippen molar-refractivity contribution < 1.29 is 0 Å². The fraction of sp³-hybridized carbons (Fsp3) is 0.312. The van der Waals surface area contributed by atoms with Crippen molar-refractivity contribution in [1.29, 1.82) is 0 Å². The van der Waals surface area contributed by atoms with Crippen molar-refractivity contribution >= 4 is 11.5 Å². The summed E-state index contributed by atoms with van der Waals surface area (Å²) in [6.07, 6.45) is 1.17. The maximum atomic E-state index is 6.05. The van der Waals surface area contributed by atoms with Gasteiger partial charge >= 0.3 is 0 Å². The highest BCUT2D eigenvalue weighted by Gasteiger charge is 2.25. The number of anilines is 2. The number of aryl methyl sites for hydroxylation is 1. The molecule has 19 heavy (non-hydrogen) atoms. The molecule has 1 unspecified atom stereocenters. The summed E-state index contributed by atoms with van der Waals surface area (Å²) in [4.78, 5) is 6.89. The van der Waals surface area contributed by atoms with E-state index in [0.29, 0.717) is 5.92 Å². The van der Waals surface area contributed by atoms with Crippen LogP contribution >= 0.6 is 0 Å². The van der Waals surface area contributed by atoms with Crippen LogP contribution in [0.2, 0.25) is 0 Å². The Bertz CT molecular complexity index is 565. The molecule has 1 aromatic carbocycles. The molecule has 3 rings (SSSR count). The van der Waals surface area contributed by atoms with E-state index >= 15 is 0 Å². The molecule has 1 fully saturated rings. The first-order valence-electron chi connectivity index (χ1n) is 6.77. The van der Waals surface area contributed by atoms with Gasteiger partial charge in [-0.05, 0) is 31.0 Å². The minimum atomic E-state index is 0.586. The lowest BCUT2D eigenvalue weighted by molar-refractivity contribution is 0.774. The quantitative estimate of drug-likeness (QED) is 0.894. The summed E-state index contributed by atoms with van der Waals surface area (Å²) in [5.41, 5.74) is 9.26. The van der Waals surface area contributed by atoms with Gasteiger partial charge in [0.1, 0.15) is 0 Å². The van der Waals surface area contributed by atoms with Crippen LogP contribution in [0.5, 0.6) is 0 Å². The minimum Gasteiger partial charge on any atom is -0.396 e. The van der Waals surface area contributed by atoms with E-state index < -0.39 is 0 Å². The van der Waals surface area contributed by atoms with Gasteiger partial charge in [0.25, 0.3) is 0 Å². The summed E-state index contributed by atoms with van der Waals surface area (Å²) < 4.78 is 0. The third-order valence-corrected chi connectivity index (χ3v) is 3.80. The predicted molar refractivity (Wildman–Crippen MR) is 79.4 cm³/mol. The Hall–Kier alpha value is -2.03. The highest BCUT2D eigenvalue weighted by atomic mass is 15.2. The normalized spacial score (nSPS) is 18.8. The van der Waals surface area contributed by atoms with Gasteiger partial charge in [0.15, 0.2) is 5.82 Å². The monoisotopic (exact) mass is 253 g/mol. The summed E-state index contributed by atoms with van der Waals surface area (Å²) >= 11 is 0. The molecular weight excluding hydrogens is 234 g/mol. The van der Waals surface area contributed by atoms with Crippen molar-refractivity contribution in [3.05, 3.63) is 53.7 Å². The summed E-state index contributed by atoms with van der Waals surface area (Å²) in [5.74, 6) is 1.53. The maximum absolute atomic E-state index is 6.05. The molecule has 2 N–H and O–H groups in total. The van der Waals surface area contributed by atoms with Gasteiger partial charge in [-0.1, -0.05) is 30.3 Å². The fourth-order valence-electron chi connectivity index (χ4n) is 2.76. The van der Waals surface area contributed by atoms with Gasteiger partial charge in [-0.25, -0.2) is 4.98 Å². The minimum absolute atomic E-state index is 0.586. The maximum Gasteiger partial charge on any atom is 0.152 e. The van der Waals surface area contributed by atoms with Crippen molar-refractivity contribution in [2.75, 3.05) is 23.7 Å². The topological polar surface area (TPSA) is 42.1 Å². The zero-order valence-corrected chi connectivity index (χ0v) is 11.2. The lowest BCUT2D eigenvalue weighted by atomic mass is 9.99. The molecule has 0 saturated carbocycles. The molecular formula is C16H19N3. The van der Waals surface area contributed by atoms with Crippen molar-refractivity contribution in [1.82, 2.24) is 4.98 Å². The van der Waals surface area contributed by atoms with Gasteiger partial charge in [-0.2, -0.15) is 0 Å². The van der Waals surface area contributed by atoms with Crippen LogP contribution in [0.25, 0.3) is 0 Å². The molecule has 1 atom stereocenters. The number of hydrogen-bond donors (Lipinski definition) is 1. The van der Waals surface area contributed by atoms with Crippen LogP contribution in [0.3, 0.4) is 0 Å². The van der Waals surface area contributed by atoms with Gasteiger partial charge in [0, 0.05) is 24.7 Å². The van der Waals surface area contributed by atoms with E-state index in [2.05, 4.69) is 40.2 Å². The van der Waals surface area contributed by atoms with Crippen LogP contribution < -0.4 is 10.6 Å². The molecule has 0 aliphatic carbocycles.